The highest BCUT2D eigenvalue weighted by molar-refractivity contribution is 5.83. The van der Waals surface area contributed by atoms with Crippen LogP contribution in [0.15, 0.2) is 0 Å². The molecule has 2 nitrogen and oxygen atoms in total. The lowest BCUT2D eigenvalue weighted by Crippen LogP contribution is -2.44. The molecule has 10 heavy (non-hydrogen) atoms. The Bertz CT molecular complexity index is 167. The smallest absolute Gasteiger partial charge is 0.138 e. The van der Waals surface area contributed by atoms with Gasteiger partial charge in [-0.1, -0.05) is 6.92 Å². The van der Waals surface area contributed by atoms with Crippen LogP contribution in [-0.4, -0.2) is 17.9 Å². The SMILES string of the molecule is C[C@@H]1C(=O)C[C@@H]2CC[C@H]1N2. The number of carbonyl (C=O) groups excluding carboxylic acids is 1. The van der Waals surface area contributed by atoms with Gasteiger partial charge >= 0.3 is 0 Å². The largest absolute Gasteiger partial charge is 0.310 e. The second-order valence-corrected chi connectivity index (χ2v) is 3.51. The van der Waals surface area contributed by atoms with Gasteiger partial charge in [0, 0.05) is 24.4 Å². The average molecular weight is 139 g/mol. The molecule has 0 aromatic rings. The average Bonchev–Trinajstić information content (AvgIpc) is 2.29. The summed E-state index contributed by atoms with van der Waals surface area (Å²) in [6.45, 7) is 2.04. The maximum absolute atomic E-state index is 11.2. The number of carbonyl (C=O) groups is 1. The first-order chi connectivity index (χ1) is 4.77. The normalized spacial score (nSPS) is 46.1. The molecule has 56 valence electrons. The minimum Gasteiger partial charge on any atom is -0.310 e. The van der Waals surface area contributed by atoms with Gasteiger partial charge in [-0.2, -0.15) is 0 Å². The minimum absolute atomic E-state index is 0.277. The maximum Gasteiger partial charge on any atom is 0.138 e. The topological polar surface area (TPSA) is 29.1 Å². The molecule has 0 radical (unpaired) electrons. The predicted molar refractivity (Wildman–Crippen MR) is 38.7 cm³/mol. The van der Waals surface area contributed by atoms with E-state index < -0.39 is 0 Å². The fourth-order valence-corrected chi connectivity index (χ4v) is 2.06. The van der Waals surface area contributed by atoms with Gasteiger partial charge in [-0.05, 0) is 12.8 Å². The molecule has 0 aromatic carbocycles. The van der Waals surface area contributed by atoms with Gasteiger partial charge in [-0.15, -0.1) is 0 Å². The lowest BCUT2D eigenvalue weighted by atomic mass is 9.93. The zero-order valence-electron chi connectivity index (χ0n) is 6.26. The van der Waals surface area contributed by atoms with Gasteiger partial charge < -0.3 is 5.32 Å². The maximum atomic E-state index is 11.2. The zero-order chi connectivity index (χ0) is 7.14. The van der Waals surface area contributed by atoms with Crippen LogP contribution in [0.1, 0.15) is 26.2 Å². The number of hydrogen-bond donors (Lipinski definition) is 1. The molecule has 0 aromatic heterocycles. The fraction of sp³-hybridized carbons (Fsp3) is 0.875. The molecule has 2 bridgehead atoms. The molecular weight excluding hydrogens is 126 g/mol. The monoisotopic (exact) mass is 139 g/mol. The Kier molecular flexibility index (Phi) is 1.31. The Hall–Kier alpha value is -0.370. The molecule has 3 atom stereocenters. The molecule has 2 aliphatic heterocycles. The van der Waals surface area contributed by atoms with Crippen LogP contribution < -0.4 is 5.32 Å². The summed E-state index contributed by atoms with van der Waals surface area (Å²) in [5.74, 6) is 0.741. The first-order valence-corrected chi connectivity index (χ1v) is 4.06. The summed E-state index contributed by atoms with van der Waals surface area (Å²) in [6.07, 6.45) is 3.19. The summed E-state index contributed by atoms with van der Waals surface area (Å²) in [6, 6.07) is 1.03. The van der Waals surface area contributed by atoms with Crippen LogP contribution in [0.25, 0.3) is 0 Å². The van der Waals surface area contributed by atoms with Gasteiger partial charge in [0.1, 0.15) is 5.78 Å². The Labute approximate surface area is 61.0 Å². The van der Waals surface area contributed by atoms with Gasteiger partial charge in [0.2, 0.25) is 0 Å². The lowest BCUT2D eigenvalue weighted by Gasteiger charge is -2.25. The number of fused-ring (bicyclic) bond motifs is 2. The molecule has 1 N–H and O–H groups in total. The van der Waals surface area contributed by atoms with Crippen LogP contribution in [0, 0.1) is 5.92 Å². The number of ketones is 1. The van der Waals surface area contributed by atoms with Crippen molar-refractivity contribution in [1.82, 2.24) is 5.32 Å². The summed E-state index contributed by atoms with van der Waals surface area (Å²) in [5.41, 5.74) is 0. The molecule has 0 amide bonds. The van der Waals surface area contributed by atoms with Crippen molar-refractivity contribution in [3.8, 4) is 0 Å². The van der Waals surface area contributed by atoms with Gasteiger partial charge in [0.15, 0.2) is 0 Å². The third kappa shape index (κ3) is 0.788. The summed E-state index contributed by atoms with van der Waals surface area (Å²) in [4.78, 5) is 11.2. The van der Waals surface area contributed by atoms with E-state index in [4.69, 9.17) is 0 Å². The molecule has 0 unspecified atom stereocenters. The highest BCUT2D eigenvalue weighted by Gasteiger charge is 2.37. The van der Waals surface area contributed by atoms with Crippen molar-refractivity contribution in [2.45, 2.75) is 38.3 Å². The van der Waals surface area contributed by atoms with Crippen LogP contribution in [0.2, 0.25) is 0 Å². The van der Waals surface area contributed by atoms with E-state index in [0.717, 1.165) is 6.42 Å². The van der Waals surface area contributed by atoms with E-state index in [2.05, 4.69) is 5.32 Å². The predicted octanol–water partition coefficient (Wildman–Crippen LogP) is 0.716. The molecule has 2 aliphatic rings. The van der Waals surface area contributed by atoms with Crippen molar-refractivity contribution in [2.24, 2.45) is 5.92 Å². The first kappa shape index (κ1) is 6.35. The molecular formula is C8H13NO. The highest BCUT2D eigenvalue weighted by Crippen LogP contribution is 2.28. The van der Waals surface area contributed by atoms with E-state index in [9.17, 15) is 4.79 Å². The summed E-state index contributed by atoms with van der Waals surface area (Å²) in [5, 5.41) is 3.45. The van der Waals surface area contributed by atoms with Gasteiger partial charge in [0.25, 0.3) is 0 Å². The van der Waals surface area contributed by atoms with Gasteiger partial charge in [-0.3, -0.25) is 4.79 Å². The molecule has 2 heteroatoms. The van der Waals surface area contributed by atoms with Crippen molar-refractivity contribution in [1.29, 1.82) is 0 Å². The van der Waals surface area contributed by atoms with Crippen molar-refractivity contribution in [3.05, 3.63) is 0 Å². The molecule has 2 saturated heterocycles. The van der Waals surface area contributed by atoms with E-state index in [1.54, 1.807) is 0 Å². The van der Waals surface area contributed by atoms with Crippen LogP contribution in [0.3, 0.4) is 0 Å². The molecule has 2 rings (SSSR count). The van der Waals surface area contributed by atoms with Crippen molar-refractivity contribution in [3.63, 3.8) is 0 Å². The fourth-order valence-electron chi connectivity index (χ4n) is 2.06. The third-order valence-electron chi connectivity index (χ3n) is 2.83. The van der Waals surface area contributed by atoms with Gasteiger partial charge in [-0.25, -0.2) is 0 Å². The Morgan fingerprint density at radius 1 is 1.50 bits per heavy atom. The van der Waals surface area contributed by atoms with Crippen LogP contribution in [0.5, 0.6) is 0 Å². The lowest BCUT2D eigenvalue weighted by molar-refractivity contribution is -0.124. The highest BCUT2D eigenvalue weighted by atomic mass is 16.1. The number of rotatable bonds is 0. The van der Waals surface area contributed by atoms with E-state index in [1.807, 2.05) is 6.92 Å². The minimum atomic E-state index is 0.277. The molecule has 0 spiro atoms. The van der Waals surface area contributed by atoms with Gasteiger partial charge in [0.05, 0.1) is 0 Å². The summed E-state index contributed by atoms with van der Waals surface area (Å²) >= 11 is 0. The molecule has 2 heterocycles. The second kappa shape index (κ2) is 2.06. The quantitative estimate of drug-likeness (QED) is 0.535. The van der Waals surface area contributed by atoms with E-state index in [-0.39, 0.29) is 5.92 Å². The molecule has 0 aliphatic carbocycles. The van der Waals surface area contributed by atoms with E-state index >= 15 is 0 Å². The van der Waals surface area contributed by atoms with Crippen LogP contribution in [-0.2, 0) is 4.79 Å². The third-order valence-corrected chi connectivity index (χ3v) is 2.83. The van der Waals surface area contributed by atoms with Crippen molar-refractivity contribution in [2.75, 3.05) is 0 Å². The number of Topliss-reactive ketones (excluding diaryl/α,β-unsaturated/α-hetero) is 1. The van der Waals surface area contributed by atoms with Crippen LogP contribution >= 0.6 is 0 Å². The van der Waals surface area contributed by atoms with Crippen LogP contribution in [0.4, 0.5) is 0 Å². The molecule has 0 saturated carbocycles. The second-order valence-electron chi connectivity index (χ2n) is 3.51. The standard InChI is InChI=1S/C8H13NO/c1-5-7-3-2-6(9-7)4-8(5)10/h5-7,9H,2-4H2,1H3/t5-,6-,7+/m0/s1. The number of piperidine rings is 1. The number of nitrogens with one attached hydrogen (secondary N) is 1. The number of hydrogen-bond acceptors (Lipinski definition) is 2. The Balaban J connectivity index is 2.17. The Morgan fingerprint density at radius 3 is 3.10 bits per heavy atom. The summed E-state index contributed by atoms with van der Waals surface area (Å²) < 4.78 is 0. The van der Waals surface area contributed by atoms with E-state index in [0.29, 0.717) is 17.9 Å². The van der Waals surface area contributed by atoms with Crippen molar-refractivity contribution < 1.29 is 4.79 Å². The Morgan fingerprint density at radius 2 is 2.30 bits per heavy atom. The molecule has 2 fully saturated rings. The first-order valence-electron chi connectivity index (χ1n) is 4.06. The van der Waals surface area contributed by atoms with Crippen molar-refractivity contribution >= 4 is 5.78 Å². The van der Waals surface area contributed by atoms with E-state index in [1.165, 1.54) is 12.8 Å². The zero-order valence-corrected chi connectivity index (χ0v) is 6.26. The summed E-state index contributed by atoms with van der Waals surface area (Å²) in [7, 11) is 0.